The molecule has 0 saturated carbocycles. The number of benzene rings is 1. The fraction of sp³-hybridized carbons (Fsp3) is 0.467. The Labute approximate surface area is 99.3 Å². The van der Waals surface area contributed by atoms with Crippen molar-refractivity contribution < 1.29 is 0 Å². The zero-order chi connectivity index (χ0) is 12.0. The van der Waals surface area contributed by atoms with Crippen LogP contribution in [0.3, 0.4) is 0 Å². The van der Waals surface area contributed by atoms with Gasteiger partial charge in [0.05, 0.1) is 6.04 Å². The molecule has 0 spiro atoms. The molecule has 0 amide bonds. The number of aryl methyl sites for hydroxylation is 1. The second-order valence-electron chi connectivity index (χ2n) is 4.11. The maximum absolute atomic E-state index is 5.39. The minimum atomic E-state index is 0.121. The predicted octanol–water partition coefficient (Wildman–Crippen LogP) is 3.31. The lowest BCUT2D eigenvalue weighted by molar-refractivity contribution is 0.497. The molecule has 0 aliphatic heterocycles. The van der Waals surface area contributed by atoms with Crippen LogP contribution < -0.4 is 5.32 Å². The average molecular weight is 215 g/mol. The molecule has 0 fully saturated rings. The lowest BCUT2D eigenvalue weighted by Crippen LogP contribution is -2.28. The van der Waals surface area contributed by atoms with E-state index in [2.05, 4.69) is 49.4 Å². The van der Waals surface area contributed by atoms with Gasteiger partial charge in [-0.05, 0) is 30.9 Å². The van der Waals surface area contributed by atoms with Crippen LogP contribution >= 0.6 is 0 Å². The summed E-state index contributed by atoms with van der Waals surface area (Å²) in [6.07, 6.45) is 7.53. The first-order valence-corrected chi connectivity index (χ1v) is 6.02. The SMILES string of the molecule is C#CC(C)NC(CC)c1ccc(CC)cc1. The molecule has 1 aromatic carbocycles. The molecule has 0 aliphatic carbocycles. The van der Waals surface area contributed by atoms with Crippen molar-refractivity contribution in [3.8, 4) is 12.3 Å². The maximum atomic E-state index is 5.39. The first-order chi connectivity index (χ1) is 7.71. The zero-order valence-electron chi connectivity index (χ0n) is 10.5. The Bertz CT molecular complexity index is 345. The van der Waals surface area contributed by atoms with Crippen LogP contribution in [-0.2, 0) is 6.42 Å². The monoisotopic (exact) mass is 215 g/mol. The van der Waals surface area contributed by atoms with Crippen LogP contribution in [0.15, 0.2) is 24.3 Å². The topological polar surface area (TPSA) is 12.0 Å². The third-order valence-electron chi connectivity index (χ3n) is 2.90. The van der Waals surface area contributed by atoms with E-state index in [-0.39, 0.29) is 6.04 Å². The summed E-state index contributed by atoms with van der Waals surface area (Å²) >= 11 is 0. The van der Waals surface area contributed by atoms with Crippen molar-refractivity contribution >= 4 is 0 Å². The summed E-state index contributed by atoms with van der Waals surface area (Å²) in [6.45, 7) is 6.36. The van der Waals surface area contributed by atoms with E-state index < -0.39 is 0 Å². The molecular weight excluding hydrogens is 194 g/mol. The van der Waals surface area contributed by atoms with Gasteiger partial charge in [-0.1, -0.05) is 44.0 Å². The van der Waals surface area contributed by atoms with Gasteiger partial charge >= 0.3 is 0 Å². The number of hydrogen-bond acceptors (Lipinski definition) is 1. The Balaban J connectivity index is 2.75. The number of terminal acetylenes is 1. The highest BCUT2D eigenvalue weighted by Gasteiger charge is 2.10. The first kappa shape index (κ1) is 12.8. The molecular formula is C15H21N. The Morgan fingerprint density at radius 3 is 2.31 bits per heavy atom. The number of rotatable bonds is 5. The molecule has 2 unspecified atom stereocenters. The van der Waals surface area contributed by atoms with Crippen molar-refractivity contribution in [1.82, 2.24) is 5.32 Å². The second kappa shape index (κ2) is 6.35. The molecule has 0 heterocycles. The molecule has 0 saturated heterocycles. The van der Waals surface area contributed by atoms with Gasteiger partial charge in [0, 0.05) is 6.04 Å². The second-order valence-corrected chi connectivity index (χ2v) is 4.11. The quantitative estimate of drug-likeness (QED) is 0.743. The predicted molar refractivity (Wildman–Crippen MR) is 70.3 cm³/mol. The summed E-state index contributed by atoms with van der Waals surface area (Å²) in [4.78, 5) is 0. The summed E-state index contributed by atoms with van der Waals surface area (Å²) in [5.41, 5.74) is 2.70. The zero-order valence-corrected chi connectivity index (χ0v) is 10.5. The molecule has 1 N–H and O–H groups in total. The Hall–Kier alpha value is -1.26. The third kappa shape index (κ3) is 3.40. The van der Waals surface area contributed by atoms with E-state index in [1.165, 1.54) is 11.1 Å². The van der Waals surface area contributed by atoms with Gasteiger partial charge in [-0.15, -0.1) is 6.42 Å². The van der Waals surface area contributed by atoms with E-state index in [1.807, 2.05) is 6.92 Å². The van der Waals surface area contributed by atoms with Crippen LogP contribution in [0.4, 0.5) is 0 Å². The highest BCUT2D eigenvalue weighted by Crippen LogP contribution is 2.18. The van der Waals surface area contributed by atoms with Crippen LogP contribution in [0, 0.1) is 12.3 Å². The van der Waals surface area contributed by atoms with Crippen molar-refractivity contribution in [3.63, 3.8) is 0 Å². The third-order valence-corrected chi connectivity index (χ3v) is 2.90. The minimum absolute atomic E-state index is 0.121. The van der Waals surface area contributed by atoms with Crippen LogP contribution in [0.5, 0.6) is 0 Å². The van der Waals surface area contributed by atoms with Crippen molar-refractivity contribution in [2.24, 2.45) is 0 Å². The normalized spacial score (nSPS) is 14.1. The number of hydrogen-bond donors (Lipinski definition) is 1. The van der Waals surface area contributed by atoms with Gasteiger partial charge in [-0.3, -0.25) is 5.32 Å². The summed E-state index contributed by atoms with van der Waals surface area (Å²) in [6, 6.07) is 9.26. The van der Waals surface area contributed by atoms with Gasteiger partial charge in [0.2, 0.25) is 0 Å². The van der Waals surface area contributed by atoms with E-state index in [0.29, 0.717) is 6.04 Å². The molecule has 1 nitrogen and oxygen atoms in total. The standard InChI is InChI=1S/C15H21N/c1-5-12(4)16-15(7-3)14-10-8-13(6-2)9-11-14/h1,8-12,15-16H,6-7H2,2-4H3. The van der Waals surface area contributed by atoms with E-state index in [4.69, 9.17) is 6.42 Å². The largest absolute Gasteiger partial charge is 0.297 e. The minimum Gasteiger partial charge on any atom is -0.297 e. The summed E-state index contributed by atoms with van der Waals surface area (Å²) < 4.78 is 0. The Morgan fingerprint density at radius 1 is 1.25 bits per heavy atom. The molecule has 0 aliphatic rings. The van der Waals surface area contributed by atoms with Crippen molar-refractivity contribution in [3.05, 3.63) is 35.4 Å². The molecule has 0 bridgehead atoms. The summed E-state index contributed by atoms with van der Waals surface area (Å²) in [5.74, 6) is 2.71. The molecule has 2 atom stereocenters. The van der Waals surface area contributed by atoms with Crippen LogP contribution in [0.1, 0.15) is 44.4 Å². The van der Waals surface area contributed by atoms with E-state index in [0.717, 1.165) is 12.8 Å². The van der Waals surface area contributed by atoms with E-state index >= 15 is 0 Å². The van der Waals surface area contributed by atoms with Crippen LogP contribution in [0.25, 0.3) is 0 Å². The van der Waals surface area contributed by atoms with Crippen molar-refractivity contribution in [2.45, 2.75) is 45.7 Å². The molecule has 1 heteroatoms. The fourth-order valence-electron chi connectivity index (χ4n) is 1.79. The van der Waals surface area contributed by atoms with Gasteiger partial charge < -0.3 is 0 Å². The summed E-state index contributed by atoms with van der Waals surface area (Å²) in [5, 5.41) is 3.43. The van der Waals surface area contributed by atoms with Crippen molar-refractivity contribution in [1.29, 1.82) is 0 Å². The Morgan fingerprint density at radius 2 is 1.88 bits per heavy atom. The van der Waals surface area contributed by atoms with Crippen molar-refractivity contribution in [2.75, 3.05) is 0 Å². The first-order valence-electron chi connectivity index (χ1n) is 6.02. The lowest BCUT2D eigenvalue weighted by Gasteiger charge is -2.19. The number of nitrogens with one attached hydrogen (secondary N) is 1. The van der Waals surface area contributed by atoms with Gasteiger partial charge in [-0.2, -0.15) is 0 Å². The smallest absolute Gasteiger partial charge is 0.0663 e. The average Bonchev–Trinajstić information content (AvgIpc) is 2.35. The van der Waals surface area contributed by atoms with Crippen LogP contribution in [0.2, 0.25) is 0 Å². The van der Waals surface area contributed by atoms with Gasteiger partial charge in [0.25, 0.3) is 0 Å². The fourth-order valence-corrected chi connectivity index (χ4v) is 1.79. The molecule has 0 aromatic heterocycles. The Kier molecular flexibility index (Phi) is 5.08. The molecule has 0 radical (unpaired) electrons. The summed E-state index contributed by atoms with van der Waals surface area (Å²) in [7, 11) is 0. The highest BCUT2D eigenvalue weighted by atomic mass is 14.9. The van der Waals surface area contributed by atoms with Gasteiger partial charge in [-0.25, -0.2) is 0 Å². The van der Waals surface area contributed by atoms with E-state index in [9.17, 15) is 0 Å². The molecule has 1 aromatic rings. The van der Waals surface area contributed by atoms with E-state index in [1.54, 1.807) is 0 Å². The van der Waals surface area contributed by atoms with Gasteiger partial charge in [0.15, 0.2) is 0 Å². The van der Waals surface area contributed by atoms with Gasteiger partial charge in [0.1, 0.15) is 0 Å². The molecule has 16 heavy (non-hydrogen) atoms. The lowest BCUT2D eigenvalue weighted by atomic mass is 10.0. The van der Waals surface area contributed by atoms with Crippen LogP contribution in [-0.4, -0.2) is 6.04 Å². The molecule has 86 valence electrons. The highest BCUT2D eigenvalue weighted by molar-refractivity contribution is 5.25. The molecule has 1 rings (SSSR count). The maximum Gasteiger partial charge on any atom is 0.0663 e.